The van der Waals surface area contributed by atoms with E-state index >= 15 is 0 Å². The van der Waals surface area contributed by atoms with E-state index in [1.807, 2.05) is 49.4 Å². The summed E-state index contributed by atoms with van der Waals surface area (Å²) in [6.45, 7) is 6.61. The molecular weight excluding hydrogens is 324 g/mol. The average Bonchev–Trinajstić information content (AvgIpc) is 2.52. The van der Waals surface area contributed by atoms with Crippen molar-refractivity contribution in [1.82, 2.24) is 5.32 Å². The highest BCUT2D eigenvalue weighted by molar-refractivity contribution is 5.88. The molecule has 0 fully saturated rings. The van der Waals surface area contributed by atoms with E-state index in [1.54, 1.807) is 0 Å². The lowest BCUT2D eigenvalue weighted by Gasteiger charge is -2.31. The van der Waals surface area contributed by atoms with Gasteiger partial charge in [0.25, 0.3) is 5.91 Å². The van der Waals surface area contributed by atoms with E-state index in [1.165, 1.54) is 0 Å². The molecule has 2 aromatic rings. The van der Waals surface area contributed by atoms with Crippen LogP contribution in [0.1, 0.15) is 27.2 Å². The molecule has 0 heterocycles. The second-order valence-electron chi connectivity index (χ2n) is 6.68. The molecule has 3 N–H and O–H groups in total. The number of carbonyl (C=O) groups is 1. The van der Waals surface area contributed by atoms with Crippen molar-refractivity contribution < 1.29 is 9.53 Å². The van der Waals surface area contributed by atoms with Gasteiger partial charge in [-0.25, -0.2) is 0 Å². The van der Waals surface area contributed by atoms with Crippen LogP contribution in [0.5, 0.6) is 5.75 Å². The highest BCUT2D eigenvalue weighted by Crippen LogP contribution is 2.25. The van der Waals surface area contributed by atoms with Crippen LogP contribution in [-0.4, -0.2) is 24.6 Å². The van der Waals surface area contributed by atoms with Gasteiger partial charge in [0, 0.05) is 17.5 Å². The highest BCUT2D eigenvalue weighted by Gasteiger charge is 2.25. The zero-order valence-corrected chi connectivity index (χ0v) is 15.4. The Morgan fingerprint density at radius 3 is 2.54 bits per heavy atom. The molecule has 132 valence electrons. The third-order valence-corrected chi connectivity index (χ3v) is 3.86. The maximum Gasteiger partial charge on any atom is 0.258 e. The summed E-state index contributed by atoms with van der Waals surface area (Å²) in [7, 11) is 0. The average molecular weight is 351 g/mol. The van der Waals surface area contributed by atoms with E-state index in [4.69, 9.17) is 10.5 Å². The van der Waals surface area contributed by atoms with Gasteiger partial charge in [-0.15, -0.1) is 12.4 Å². The Hall–Kier alpha value is -1.78. The quantitative estimate of drug-likeness (QED) is 0.803. The van der Waals surface area contributed by atoms with Crippen LogP contribution in [0.25, 0.3) is 10.8 Å². The summed E-state index contributed by atoms with van der Waals surface area (Å²) < 4.78 is 5.72. The van der Waals surface area contributed by atoms with Crippen molar-refractivity contribution in [3.05, 3.63) is 42.5 Å². The number of carbonyl (C=O) groups excluding carboxylic acids is 1. The predicted octanol–water partition coefficient (Wildman–Crippen LogP) is 3.52. The smallest absolute Gasteiger partial charge is 0.258 e. The van der Waals surface area contributed by atoms with E-state index in [0.29, 0.717) is 12.5 Å². The van der Waals surface area contributed by atoms with Crippen LogP contribution in [0.15, 0.2) is 42.5 Å². The summed E-state index contributed by atoms with van der Waals surface area (Å²) in [6, 6.07) is 13.8. The zero-order chi connectivity index (χ0) is 16.9. The topological polar surface area (TPSA) is 64.3 Å². The summed E-state index contributed by atoms with van der Waals surface area (Å²) in [5.74, 6) is 1.03. The number of nitrogens with one attached hydrogen (secondary N) is 1. The number of fused-ring (bicyclic) bond motifs is 1. The van der Waals surface area contributed by atoms with Gasteiger partial charge in [-0.2, -0.15) is 0 Å². The third-order valence-electron chi connectivity index (χ3n) is 3.86. The largest absolute Gasteiger partial charge is 0.483 e. The molecule has 0 bridgehead atoms. The molecular formula is C19H27ClN2O2. The molecule has 1 atom stereocenters. The lowest BCUT2D eigenvalue weighted by molar-refractivity contribution is -0.124. The van der Waals surface area contributed by atoms with Crippen molar-refractivity contribution in [3.8, 4) is 5.75 Å². The predicted molar refractivity (Wildman–Crippen MR) is 102 cm³/mol. The molecule has 0 aromatic heterocycles. The molecule has 2 rings (SSSR count). The van der Waals surface area contributed by atoms with Gasteiger partial charge < -0.3 is 15.8 Å². The molecule has 0 spiro atoms. The van der Waals surface area contributed by atoms with Crippen molar-refractivity contribution in [1.29, 1.82) is 0 Å². The van der Waals surface area contributed by atoms with E-state index in [-0.39, 0.29) is 24.9 Å². The Bertz CT molecular complexity index is 670. The Morgan fingerprint density at radius 1 is 1.21 bits per heavy atom. The number of amides is 1. The molecule has 0 aliphatic heterocycles. The maximum absolute atomic E-state index is 12.2. The van der Waals surface area contributed by atoms with Gasteiger partial charge in [0.15, 0.2) is 6.61 Å². The monoisotopic (exact) mass is 350 g/mol. The Morgan fingerprint density at radius 2 is 1.88 bits per heavy atom. The molecule has 1 amide bonds. The maximum atomic E-state index is 12.2. The molecule has 4 nitrogen and oxygen atoms in total. The Labute approximate surface area is 150 Å². The molecule has 0 aliphatic carbocycles. The Balaban J connectivity index is 0.00000288. The third kappa shape index (κ3) is 5.39. The number of hydrogen-bond acceptors (Lipinski definition) is 3. The number of hydrogen-bond donors (Lipinski definition) is 2. The first-order valence-corrected chi connectivity index (χ1v) is 8.05. The van der Waals surface area contributed by atoms with E-state index in [9.17, 15) is 4.79 Å². The SMILES string of the molecule is CC(C)CC(C)(CN)NC(=O)COc1cccc2ccccc12.Cl. The van der Waals surface area contributed by atoms with Gasteiger partial charge in [-0.3, -0.25) is 4.79 Å². The van der Waals surface area contributed by atoms with Crippen LogP contribution < -0.4 is 15.8 Å². The van der Waals surface area contributed by atoms with Crippen LogP contribution in [0.3, 0.4) is 0 Å². The fourth-order valence-corrected chi connectivity index (χ4v) is 2.92. The zero-order valence-electron chi connectivity index (χ0n) is 14.5. The highest BCUT2D eigenvalue weighted by atomic mass is 35.5. The van der Waals surface area contributed by atoms with Crippen LogP contribution in [-0.2, 0) is 4.79 Å². The molecule has 5 heteroatoms. The number of halogens is 1. The first-order chi connectivity index (χ1) is 10.9. The van der Waals surface area contributed by atoms with Crippen molar-refractivity contribution >= 4 is 29.1 Å². The van der Waals surface area contributed by atoms with Crippen LogP contribution in [0.2, 0.25) is 0 Å². The van der Waals surface area contributed by atoms with Gasteiger partial charge in [0.1, 0.15) is 5.75 Å². The number of benzene rings is 2. The van der Waals surface area contributed by atoms with Gasteiger partial charge in [-0.05, 0) is 30.7 Å². The van der Waals surface area contributed by atoms with Crippen LogP contribution in [0, 0.1) is 5.92 Å². The summed E-state index contributed by atoms with van der Waals surface area (Å²) in [5, 5.41) is 5.10. The molecule has 0 radical (unpaired) electrons. The minimum Gasteiger partial charge on any atom is -0.483 e. The standard InChI is InChI=1S/C19H26N2O2.ClH/c1-14(2)11-19(3,13-20)21-18(22)12-23-17-10-6-8-15-7-4-5-9-16(15)17;/h4-10,14H,11-13,20H2,1-3H3,(H,21,22);1H. The van der Waals surface area contributed by atoms with Gasteiger partial charge >= 0.3 is 0 Å². The molecule has 1 unspecified atom stereocenters. The van der Waals surface area contributed by atoms with Crippen LogP contribution in [0.4, 0.5) is 0 Å². The minimum absolute atomic E-state index is 0. The van der Waals surface area contributed by atoms with Gasteiger partial charge in [0.05, 0.1) is 0 Å². The van der Waals surface area contributed by atoms with Crippen LogP contribution >= 0.6 is 12.4 Å². The van der Waals surface area contributed by atoms with E-state index in [2.05, 4.69) is 19.2 Å². The first-order valence-electron chi connectivity index (χ1n) is 8.05. The second kappa shape index (κ2) is 8.90. The number of rotatable bonds is 7. The molecule has 0 aliphatic rings. The molecule has 0 saturated carbocycles. The first kappa shape index (κ1) is 20.3. The number of ether oxygens (including phenoxy) is 1. The lowest BCUT2D eigenvalue weighted by Crippen LogP contribution is -2.53. The van der Waals surface area contributed by atoms with Gasteiger partial charge in [0.2, 0.25) is 0 Å². The fraction of sp³-hybridized carbons (Fsp3) is 0.421. The fourth-order valence-electron chi connectivity index (χ4n) is 2.92. The summed E-state index contributed by atoms with van der Waals surface area (Å²) in [6.07, 6.45) is 0.837. The van der Waals surface area contributed by atoms with Crippen molar-refractivity contribution in [2.45, 2.75) is 32.7 Å². The lowest BCUT2D eigenvalue weighted by atomic mass is 9.91. The number of nitrogens with two attached hydrogens (primary N) is 1. The molecule has 2 aromatic carbocycles. The van der Waals surface area contributed by atoms with E-state index in [0.717, 1.165) is 22.9 Å². The summed E-state index contributed by atoms with van der Waals surface area (Å²) in [5.41, 5.74) is 5.43. The Kier molecular flexibility index (Phi) is 7.52. The van der Waals surface area contributed by atoms with Crippen molar-refractivity contribution in [2.75, 3.05) is 13.2 Å². The summed E-state index contributed by atoms with van der Waals surface area (Å²) in [4.78, 5) is 12.2. The van der Waals surface area contributed by atoms with Crippen molar-refractivity contribution in [2.24, 2.45) is 11.7 Å². The minimum atomic E-state index is -0.395. The van der Waals surface area contributed by atoms with E-state index < -0.39 is 5.54 Å². The second-order valence-corrected chi connectivity index (χ2v) is 6.68. The van der Waals surface area contributed by atoms with Crippen molar-refractivity contribution in [3.63, 3.8) is 0 Å². The molecule has 0 saturated heterocycles. The van der Waals surface area contributed by atoms with Gasteiger partial charge in [-0.1, -0.05) is 50.2 Å². The normalized spacial score (nSPS) is 13.2. The summed E-state index contributed by atoms with van der Waals surface area (Å²) >= 11 is 0. The molecule has 24 heavy (non-hydrogen) atoms.